The molecule has 0 aliphatic carbocycles. The van der Waals surface area contributed by atoms with Crippen LogP contribution in [0.1, 0.15) is 17.0 Å². The van der Waals surface area contributed by atoms with Crippen molar-refractivity contribution in [3.63, 3.8) is 0 Å². The minimum absolute atomic E-state index is 0.715. The van der Waals surface area contributed by atoms with Gasteiger partial charge in [0.1, 0.15) is 5.76 Å². The number of thiophene rings is 1. The molecule has 0 saturated heterocycles. The second-order valence-corrected chi connectivity index (χ2v) is 6.14. The van der Waals surface area contributed by atoms with E-state index in [9.17, 15) is 0 Å². The summed E-state index contributed by atoms with van der Waals surface area (Å²) >= 11 is 1.64. The number of rotatable bonds is 5. The average Bonchev–Trinajstić information content (AvgIpc) is 3.13. The highest BCUT2D eigenvalue weighted by molar-refractivity contribution is 7.13. The molecule has 0 aromatic carbocycles. The summed E-state index contributed by atoms with van der Waals surface area (Å²) in [5.74, 6) is 1.60. The van der Waals surface area contributed by atoms with Gasteiger partial charge in [0.15, 0.2) is 0 Å². The Balaban J connectivity index is 1.70. The second-order valence-electron chi connectivity index (χ2n) is 5.19. The fourth-order valence-electron chi connectivity index (χ4n) is 2.26. The molecule has 0 spiro atoms. The summed E-state index contributed by atoms with van der Waals surface area (Å²) in [6, 6.07) is 4.03. The van der Waals surface area contributed by atoms with E-state index in [1.54, 1.807) is 11.3 Å². The molecule has 3 aromatic heterocycles. The molecule has 3 rings (SSSR count). The summed E-state index contributed by atoms with van der Waals surface area (Å²) in [5, 5.41) is 6.22. The fraction of sp³-hybridized carbons (Fsp3) is 0.333. The van der Waals surface area contributed by atoms with Crippen molar-refractivity contribution >= 4 is 11.3 Å². The van der Waals surface area contributed by atoms with E-state index in [0.29, 0.717) is 5.89 Å². The number of hydrogen-bond acceptors (Lipinski definition) is 5. The Bertz CT molecular complexity index is 714. The highest BCUT2D eigenvalue weighted by atomic mass is 32.1. The quantitative estimate of drug-likeness (QED) is 0.726. The maximum absolute atomic E-state index is 5.77. The third kappa shape index (κ3) is 3.22. The van der Waals surface area contributed by atoms with Crippen LogP contribution in [0, 0.1) is 6.92 Å². The zero-order valence-electron chi connectivity index (χ0n) is 12.4. The van der Waals surface area contributed by atoms with E-state index in [1.165, 1.54) is 5.56 Å². The van der Waals surface area contributed by atoms with Crippen LogP contribution in [-0.4, -0.2) is 26.7 Å². The van der Waals surface area contributed by atoms with Gasteiger partial charge in [0.25, 0.3) is 0 Å². The minimum atomic E-state index is 0.715. The van der Waals surface area contributed by atoms with Crippen molar-refractivity contribution < 1.29 is 4.42 Å². The Morgan fingerprint density at radius 3 is 2.90 bits per heavy atom. The second kappa shape index (κ2) is 5.83. The lowest BCUT2D eigenvalue weighted by Gasteiger charge is -2.13. The number of hydrogen-bond donors (Lipinski definition) is 0. The number of nitrogens with zero attached hydrogens (tertiary/aromatic N) is 4. The van der Waals surface area contributed by atoms with Gasteiger partial charge in [-0.25, -0.2) is 4.98 Å². The summed E-state index contributed by atoms with van der Waals surface area (Å²) in [7, 11) is 4.00. The number of aryl methyl sites for hydroxylation is 2. The maximum atomic E-state index is 5.77. The van der Waals surface area contributed by atoms with Gasteiger partial charge in [-0.1, -0.05) is 6.07 Å². The molecule has 0 aliphatic rings. The van der Waals surface area contributed by atoms with Gasteiger partial charge in [-0.3, -0.25) is 9.58 Å². The molecule has 0 N–H and O–H groups in total. The van der Waals surface area contributed by atoms with Crippen LogP contribution in [0.3, 0.4) is 0 Å². The van der Waals surface area contributed by atoms with E-state index in [-0.39, 0.29) is 0 Å². The molecule has 21 heavy (non-hydrogen) atoms. The molecular weight excluding hydrogens is 284 g/mol. The van der Waals surface area contributed by atoms with Crippen LogP contribution >= 0.6 is 11.3 Å². The first kappa shape index (κ1) is 14.0. The monoisotopic (exact) mass is 302 g/mol. The first-order chi connectivity index (χ1) is 10.1. The van der Waals surface area contributed by atoms with Crippen molar-refractivity contribution in [2.45, 2.75) is 20.0 Å². The molecule has 0 amide bonds. The van der Waals surface area contributed by atoms with Gasteiger partial charge in [0.05, 0.1) is 16.8 Å². The molecular formula is C15H18N4OS. The SMILES string of the molecule is Cc1oc(-c2cccs2)nc1CN(C)Cc1cnn(C)c1. The lowest BCUT2D eigenvalue weighted by molar-refractivity contribution is 0.313. The van der Waals surface area contributed by atoms with Crippen molar-refractivity contribution in [2.75, 3.05) is 7.05 Å². The maximum Gasteiger partial charge on any atom is 0.236 e. The van der Waals surface area contributed by atoms with Gasteiger partial charge in [0.2, 0.25) is 5.89 Å². The first-order valence-corrected chi connectivity index (χ1v) is 7.66. The van der Waals surface area contributed by atoms with Crippen molar-refractivity contribution in [1.82, 2.24) is 19.7 Å². The largest absolute Gasteiger partial charge is 0.440 e. The first-order valence-electron chi connectivity index (χ1n) is 6.78. The number of aromatic nitrogens is 3. The van der Waals surface area contributed by atoms with Crippen molar-refractivity contribution in [3.05, 3.63) is 46.9 Å². The molecule has 0 radical (unpaired) electrons. The van der Waals surface area contributed by atoms with Crippen LogP contribution in [0.5, 0.6) is 0 Å². The van der Waals surface area contributed by atoms with E-state index in [2.05, 4.69) is 22.0 Å². The van der Waals surface area contributed by atoms with E-state index < -0.39 is 0 Å². The van der Waals surface area contributed by atoms with E-state index in [4.69, 9.17) is 4.42 Å². The molecule has 6 heteroatoms. The summed E-state index contributed by atoms with van der Waals surface area (Å²) in [4.78, 5) is 7.90. The lowest BCUT2D eigenvalue weighted by atomic mass is 10.3. The molecule has 0 aliphatic heterocycles. The van der Waals surface area contributed by atoms with E-state index in [1.807, 2.05) is 48.6 Å². The molecule has 5 nitrogen and oxygen atoms in total. The average molecular weight is 302 g/mol. The van der Waals surface area contributed by atoms with Crippen LogP contribution in [0.4, 0.5) is 0 Å². The van der Waals surface area contributed by atoms with Gasteiger partial charge in [-0.2, -0.15) is 5.10 Å². The van der Waals surface area contributed by atoms with Crippen molar-refractivity contribution in [3.8, 4) is 10.8 Å². The van der Waals surface area contributed by atoms with Gasteiger partial charge in [-0.15, -0.1) is 11.3 Å². The van der Waals surface area contributed by atoms with Crippen LogP contribution in [0.15, 0.2) is 34.3 Å². The van der Waals surface area contributed by atoms with Crippen molar-refractivity contribution in [2.24, 2.45) is 7.05 Å². The van der Waals surface area contributed by atoms with Crippen LogP contribution in [0.2, 0.25) is 0 Å². The Morgan fingerprint density at radius 1 is 1.38 bits per heavy atom. The Kier molecular flexibility index (Phi) is 3.90. The van der Waals surface area contributed by atoms with E-state index >= 15 is 0 Å². The highest BCUT2D eigenvalue weighted by Gasteiger charge is 2.14. The summed E-state index contributed by atoms with van der Waals surface area (Å²) in [5.41, 5.74) is 2.18. The molecule has 0 atom stereocenters. The zero-order valence-corrected chi connectivity index (χ0v) is 13.2. The summed E-state index contributed by atoms with van der Waals surface area (Å²) < 4.78 is 7.59. The topological polar surface area (TPSA) is 47.1 Å². The van der Waals surface area contributed by atoms with Gasteiger partial charge in [0, 0.05) is 31.9 Å². The Hall–Kier alpha value is -1.92. The third-order valence-electron chi connectivity index (χ3n) is 3.26. The fourth-order valence-corrected chi connectivity index (χ4v) is 2.91. The van der Waals surface area contributed by atoms with Crippen LogP contribution < -0.4 is 0 Å². The normalized spacial score (nSPS) is 11.4. The van der Waals surface area contributed by atoms with Crippen LogP contribution in [0.25, 0.3) is 10.8 Å². The zero-order chi connectivity index (χ0) is 14.8. The molecule has 3 heterocycles. The molecule has 110 valence electrons. The minimum Gasteiger partial charge on any atom is -0.440 e. The standard InChI is InChI=1S/C15H18N4OS/c1-11-13(17-15(20-11)14-5-4-6-21-14)10-18(2)8-12-7-16-19(3)9-12/h4-7,9H,8,10H2,1-3H3. The van der Waals surface area contributed by atoms with Crippen molar-refractivity contribution in [1.29, 1.82) is 0 Å². The van der Waals surface area contributed by atoms with Gasteiger partial charge < -0.3 is 4.42 Å². The lowest BCUT2D eigenvalue weighted by Crippen LogP contribution is -2.17. The predicted molar refractivity (Wildman–Crippen MR) is 82.9 cm³/mol. The third-order valence-corrected chi connectivity index (χ3v) is 4.11. The Labute approximate surface area is 127 Å². The van der Waals surface area contributed by atoms with E-state index in [0.717, 1.165) is 29.4 Å². The molecule has 3 aromatic rings. The van der Waals surface area contributed by atoms with Crippen LogP contribution in [-0.2, 0) is 20.1 Å². The van der Waals surface area contributed by atoms with Gasteiger partial charge >= 0.3 is 0 Å². The molecule has 0 saturated carbocycles. The molecule has 0 fully saturated rings. The molecule has 0 unspecified atom stereocenters. The number of oxazole rings is 1. The van der Waals surface area contributed by atoms with Gasteiger partial charge in [-0.05, 0) is 25.4 Å². The summed E-state index contributed by atoms with van der Waals surface area (Å²) in [6.45, 7) is 3.57. The highest BCUT2D eigenvalue weighted by Crippen LogP contribution is 2.26. The summed E-state index contributed by atoms with van der Waals surface area (Å²) in [6.07, 6.45) is 3.92. The predicted octanol–water partition coefficient (Wildman–Crippen LogP) is 3.08. The molecule has 0 bridgehead atoms. The Morgan fingerprint density at radius 2 is 2.24 bits per heavy atom. The smallest absolute Gasteiger partial charge is 0.236 e.